The zero-order valence-corrected chi connectivity index (χ0v) is 27.8. The van der Waals surface area contributed by atoms with E-state index in [0.717, 1.165) is 53.1 Å². The Labute approximate surface area is 268 Å². The lowest BCUT2D eigenvalue weighted by molar-refractivity contribution is -0.141. The van der Waals surface area contributed by atoms with Crippen molar-refractivity contribution in [2.24, 2.45) is 0 Å². The van der Waals surface area contributed by atoms with Gasteiger partial charge in [-0.15, -0.1) is 0 Å². The van der Waals surface area contributed by atoms with Crippen molar-refractivity contribution in [3.05, 3.63) is 99.0 Å². The highest BCUT2D eigenvalue weighted by atomic mass is 79.9. The van der Waals surface area contributed by atoms with E-state index in [2.05, 4.69) is 21.2 Å². The number of benzene rings is 3. The van der Waals surface area contributed by atoms with Crippen molar-refractivity contribution in [2.45, 2.75) is 70.5 Å². The SMILES string of the molecule is Cc1ccc(Cl)cc1N(CCCC(=O)N(Cc1cccc(Br)c1)[C@H](Cc1ccccc1)C(=O)NC1CCCC1)S(C)(=O)=O. The number of nitrogens with one attached hydrogen (secondary N) is 1. The minimum atomic E-state index is -3.63. The van der Waals surface area contributed by atoms with Gasteiger partial charge in [0.25, 0.3) is 0 Å². The van der Waals surface area contributed by atoms with Gasteiger partial charge < -0.3 is 10.2 Å². The van der Waals surface area contributed by atoms with Crippen molar-refractivity contribution >= 4 is 55.1 Å². The number of rotatable bonds is 13. The average molecular weight is 689 g/mol. The lowest BCUT2D eigenvalue weighted by Crippen LogP contribution is -2.52. The molecule has 1 fully saturated rings. The third-order valence-corrected chi connectivity index (χ3v) is 9.71. The Morgan fingerprint density at radius 3 is 2.37 bits per heavy atom. The normalized spacial score (nSPS) is 14.3. The van der Waals surface area contributed by atoms with Crippen LogP contribution in [-0.4, -0.2) is 50.0 Å². The zero-order chi connectivity index (χ0) is 31.0. The predicted octanol–water partition coefficient (Wildman–Crippen LogP) is 6.66. The van der Waals surface area contributed by atoms with Crippen LogP contribution in [0.1, 0.15) is 55.2 Å². The summed E-state index contributed by atoms with van der Waals surface area (Å²) in [6.07, 6.45) is 5.90. The fourth-order valence-corrected chi connectivity index (χ4v) is 7.21. The van der Waals surface area contributed by atoms with E-state index in [4.69, 9.17) is 11.6 Å². The van der Waals surface area contributed by atoms with E-state index < -0.39 is 16.1 Å². The van der Waals surface area contributed by atoms with E-state index >= 15 is 0 Å². The van der Waals surface area contributed by atoms with Crippen LogP contribution in [0.4, 0.5) is 5.69 Å². The summed E-state index contributed by atoms with van der Waals surface area (Å²) >= 11 is 9.72. The second-order valence-electron chi connectivity index (χ2n) is 11.2. The first-order chi connectivity index (χ1) is 20.5. The van der Waals surface area contributed by atoms with Gasteiger partial charge in [-0.2, -0.15) is 0 Å². The number of sulfonamides is 1. The van der Waals surface area contributed by atoms with Gasteiger partial charge in [0, 0.05) is 41.5 Å². The molecule has 4 rings (SSSR count). The molecule has 1 atom stereocenters. The van der Waals surface area contributed by atoms with E-state index in [1.165, 1.54) is 4.31 Å². The van der Waals surface area contributed by atoms with Crippen LogP contribution in [0.15, 0.2) is 77.3 Å². The standard InChI is InChI=1S/C33H39BrClN3O4S/c1-24-17-18-28(35)22-30(24)38(43(2,41)42)19-9-16-32(39)37(23-26-12-8-13-27(34)20-26)31(21-25-10-4-3-5-11-25)33(40)36-29-14-6-7-15-29/h3-5,8,10-13,17-18,20,22,29,31H,6-7,9,14-16,19,21,23H2,1-2H3,(H,36,40)/t31-/m1/s1. The van der Waals surface area contributed by atoms with Crippen LogP contribution >= 0.6 is 27.5 Å². The molecule has 1 N–H and O–H groups in total. The number of carbonyl (C=O) groups is 2. The molecule has 0 aromatic heterocycles. The number of anilines is 1. The van der Waals surface area contributed by atoms with Crippen molar-refractivity contribution in [1.82, 2.24) is 10.2 Å². The molecule has 1 aliphatic rings. The van der Waals surface area contributed by atoms with Crippen molar-refractivity contribution in [3.8, 4) is 0 Å². The van der Waals surface area contributed by atoms with Gasteiger partial charge in [-0.3, -0.25) is 13.9 Å². The van der Waals surface area contributed by atoms with Gasteiger partial charge in [0.1, 0.15) is 6.04 Å². The second kappa shape index (κ2) is 15.2. The van der Waals surface area contributed by atoms with Crippen LogP contribution in [-0.2, 0) is 32.6 Å². The molecule has 0 bridgehead atoms. The third-order valence-electron chi connectivity index (χ3n) is 7.81. The van der Waals surface area contributed by atoms with Crippen LogP contribution in [0.5, 0.6) is 0 Å². The predicted molar refractivity (Wildman–Crippen MR) is 177 cm³/mol. The first-order valence-corrected chi connectivity index (χ1v) is 17.7. The first kappa shape index (κ1) is 33.0. The summed E-state index contributed by atoms with van der Waals surface area (Å²) in [6, 6.07) is 21.9. The van der Waals surface area contributed by atoms with Crippen LogP contribution in [0, 0.1) is 6.92 Å². The summed E-state index contributed by atoms with van der Waals surface area (Å²) in [5, 5.41) is 3.65. The largest absolute Gasteiger partial charge is 0.352 e. The van der Waals surface area contributed by atoms with Crippen LogP contribution in [0.2, 0.25) is 5.02 Å². The Morgan fingerprint density at radius 1 is 1.00 bits per heavy atom. The zero-order valence-electron chi connectivity index (χ0n) is 24.6. The molecule has 3 aromatic rings. The minimum absolute atomic E-state index is 0.0711. The molecule has 10 heteroatoms. The molecule has 230 valence electrons. The van der Waals surface area contributed by atoms with E-state index in [-0.39, 0.29) is 43.8 Å². The van der Waals surface area contributed by atoms with Gasteiger partial charge in [-0.05, 0) is 67.1 Å². The van der Waals surface area contributed by atoms with Crippen molar-refractivity contribution in [2.75, 3.05) is 17.1 Å². The van der Waals surface area contributed by atoms with Gasteiger partial charge >= 0.3 is 0 Å². The van der Waals surface area contributed by atoms with Gasteiger partial charge in [0.2, 0.25) is 21.8 Å². The highest BCUT2D eigenvalue weighted by molar-refractivity contribution is 9.10. The molecule has 0 heterocycles. The molecular formula is C33H39BrClN3O4S. The summed E-state index contributed by atoms with van der Waals surface area (Å²) in [7, 11) is -3.63. The van der Waals surface area contributed by atoms with Crippen molar-refractivity contribution in [1.29, 1.82) is 0 Å². The summed E-state index contributed by atoms with van der Waals surface area (Å²) < 4.78 is 27.7. The Hall–Kier alpha value is -2.88. The maximum absolute atomic E-state index is 14.0. The Morgan fingerprint density at radius 2 is 1.70 bits per heavy atom. The molecule has 0 spiro atoms. The molecular weight excluding hydrogens is 650 g/mol. The quantitative estimate of drug-likeness (QED) is 0.218. The van der Waals surface area contributed by atoms with E-state index in [9.17, 15) is 18.0 Å². The summed E-state index contributed by atoms with van der Waals surface area (Å²) in [4.78, 5) is 29.6. The summed E-state index contributed by atoms with van der Waals surface area (Å²) in [6.45, 7) is 2.18. The lowest BCUT2D eigenvalue weighted by atomic mass is 10.0. The Kier molecular flexibility index (Phi) is 11.7. The van der Waals surface area contributed by atoms with Crippen LogP contribution < -0.4 is 9.62 Å². The Balaban J connectivity index is 1.60. The topological polar surface area (TPSA) is 86.8 Å². The number of carbonyl (C=O) groups excluding carboxylic acids is 2. The van der Waals surface area contributed by atoms with Crippen molar-refractivity contribution < 1.29 is 18.0 Å². The third kappa shape index (κ3) is 9.55. The molecule has 0 radical (unpaired) electrons. The van der Waals surface area contributed by atoms with E-state index in [1.807, 2.05) is 61.5 Å². The number of nitrogens with zero attached hydrogens (tertiary/aromatic N) is 2. The molecule has 7 nitrogen and oxygen atoms in total. The van der Waals surface area contributed by atoms with E-state index in [1.54, 1.807) is 23.1 Å². The van der Waals surface area contributed by atoms with Gasteiger partial charge in [-0.1, -0.05) is 88.9 Å². The maximum atomic E-state index is 14.0. The first-order valence-electron chi connectivity index (χ1n) is 14.6. The molecule has 1 saturated carbocycles. The van der Waals surface area contributed by atoms with Crippen molar-refractivity contribution in [3.63, 3.8) is 0 Å². The number of amides is 2. The molecule has 0 unspecified atom stereocenters. The van der Waals surface area contributed by atoms with Crippen LogP contribution in [0.3, 0.4) is 0 Å². The van der Waals surface area contributed by atoms with E-state index in [0.29, 0.717) is 17.1 Å². The van der Waals surface area contributed by atoms with Gasteiger partial charge in [-0.25, -0.2) is 8.42 Å². The molecule has 2 amide bonds. The monoisotopic (exact) mass is 687 g/mol. The lowest BCUT2D eigenvalue weighted by Gasteiger charge is -2.33. The summed E-state index contributed by atoms with van der Waals surface area (Å²) in [5.41, 5.74) is 3.11. The summed E-state index contributed by atoms with van der Waals surface area (Å²) in [5.74, 6) is -0.370. The van der Waals surface area contributed by atoms with Gasteiger partial charge in [0.05, 0.1) is 11.9 Å². The molecule has 0 aliphatic heterocycles. The molecule has 3 aromatic carbocycles. The smallest absolute Gasteiger partial charge is 0.243 e. The minimum Gasteiger partial charge on any atom is -0.352 e. The second-order valence-corrected chi connectivity index (χ2v) is 14.5. The Bertz CT molecular complexity index is 1510. The maximum Gasteiger partial charge on any atom is 0.243 e. The highest BCUT2D eigenvalue weighted by Crippen LogP contribution is 2.27. The highest BCUT2D eigenvalue weighted by Gasteiger charge is 2.32. The number of hydrogen-bond donors (Lipinski definition) is 1. The fraction of sp³-hybridized carbons (Fsp3) is 0.394. The van der Waals surface area contributed by atoms with Gasteiger partial charge in [0.15, 0.2) is 0 Å². The fourth-order valence-electron chi connectivity index (χ4n) is 5.59. The molecule has 43 heavy (non-hydrogen) atoms. The molecule has 1 aliphatic carbocycles. The molecule has 0 saturated heterocycles. The number of aryl methyl sites for hydroxylation is 1. The number of hydrogen-bond acceptors (Lipinski definition) is 4. The van der Waals surface area contributed by atoms with Crippen LogP contribution in [0.25, 0.3) is 0 Å². The number of halogens is 2. The average Bonchev–Trinajstić information content (AvgIpc) is 3.47.